The molecule has 168 valence electrons. The number of carbonyl (C=O) groups is 4. The highest BCUT2D eigenvalue weighted by Crippen LogP contribution is 2.09. The van der Waals surface area contributed by atoms with E-state index in [1.807, 2.05) is 6.92 Å². The minimum Gasteiger partial charge on any atom is -0.480 e. The quantitative estimate of drug-likeness (QED) is 0.196. The first kappa shape index (κ1) is 25.0. The first-order valence-electron chi connectivity index (χ1n) is 9.57. The summed E-state index contributed by atoms with van der Waals surface area (Å²) in [5.74, 6) is -3.55. The van der Waals surface area contributed by atoms with Gasteiger partial charge in [0.1, 0.15) is 18.1 Å². The number of hydrogen-bond donors (Lipinski definition) is 7. The number of nitrogens with zero attached hydrogens (tertiary/aromatic N) is 1. The van der Waals surface area contributed by atoms with Gasteiger partial charge >= 0.3 is 5.97 Å². The number of carbonyl (C=O) groups excluding carboxylic acids is 3. The molecule has 0 radical (unpaired) electrons. The number of aliphatic hydroxyl groups is 1. The van der Waals surface area contributed by atoms with Gasteiger partial charge in [0, 0.05) is 18.3 Å². The van der Waals surface area contributed by atoms with Crippen molar-refractivity contribution in [3.8, 4) is 0 Å². The Bertz CT molecular complexity index is 723. The van der Waals surface area contributed by atoms with Gasteiger partial charge in [0.05, 0.1) is 19.0 Å². The van der Waals surface area contributed by atoms with Crippen LogP contribution in [-0.4, -0.2) is 74.6 Å². The topological polar surface area (TPSA) is 200 Å². The summed E-state index contributed by atoms with van der Waals surface area (Å²) in [4.78, 5) is 54.8. The van der Waals surface area contributed by atoms with Crippen LogP contribution in [0.4, 0.5) is 0 Å². The smallest absolute Gasteiger partial charge is 0.326 e. The van der Waals surface area contributed by atoms with Gasteiger partial charge in [-0.25, -0.2) is 9.78 Å². The average Bonchev–Trinajstić information content (AvgIpc) is 3.21. The molecule has 0 saturated carbocycles. The van der Waals surface area contributed by atoms with E-state index in [1.165, 1.54) is 19.4 Å². The van der Waals surface area contributed by atoms with Crippen LogP contribution in [0, 0.1) is 5.92 Å². The van der Waals surface area contributed by atoms with Gasteiger partial charge in [0.25, 0.3) is 0 Å². The number of aromatic amines is 1. The zero-order valence-corrected chi connectivity index (χ0v) is 17.2. The van der Waals surface area contributed by atoms with Crippen molar-refractivity contribution in [2.24, 2.45) is 11.7 Å². The number of carboxylic acid groups (broad SMARTS) is 1. The Morgan fingerprint density at radius 2 is 1.87 bits per heavy atom. The van der Waals surface area contributed by atoms with Crippen molar-refractivity contribution in [3.63, 3.8) is 0 Å². The number of aromatic nitrogens is 2. The van der Waals surface area contributed by atoms with E-state index in [4.69, 9.17) is 5.73 Å². The molecule has 1 heterocycles. The summed E-state index contributed by atoms with van der Waals surface area (Å²) in [6.45, 7) is 4.45. The van der Waals surface area contributed by atoms with Crippen molar-refractivity contribution in [2.45, 2.75) is 57.8 Å². The molecule has 1 aromatic rings. The molecular formula is C18H30N6O6. The number of H-pyrrole nitrogens is 1. The van der Waals surface area contributed by atoms with E-state index >= 15 is 0 Å². The lowest BCUT2D eigenvalue weighted by Gasteiger charge is -2.25. The standard InChI is InChI=1S/C18H30N6O6/c1-4-9(2)15(24-13(26)7-21-16(27)14(19)10(3)25)17(28)23-12(18(29)30)5-11-6-20-8-22-11/h6,8-10,12,14-15,25H,4-5,7,19H2,1-3H3,(H,20,22)(H,21,27)(H,23,28)(H,24,26)(H,29,30). The second-order valence-electron chi connectivity index (χ2n) is 7.10. The zero-order valence-electron chi connectivity index (χ0n) is 17.2. The van der Waals surface area contributed by atoms with E-state index in [0.29, 0.717) is 12.1 Å². The van der Waals surface area contributed by atoms with Gasteiger partial charge in [0.2, 0.25) is 17.7 Å². The van der Waals surface area contributed by atoms with Gasteiger partial charge in [-0.2, -0.15) is 0 Å². The Hall–Kier alpha value is -2.99. The molecular weight excluding hydrogens is 396 g/mol. The molecule has 0 aromatic carbocycles. The van der Waals surface area contributed by atoms with E-state index in [1.54, 1.807) is 6.92 Å². The lowest BCUT2D eigenvalue weighted by atomic mass is 9.97. The van der Waals surface area contributed by atoms with Crippen molar-refractivity contribution >= 4 is 23.7 Å². The van der Waals surface area contributed by atoms with Gasteiger partial charge in [-0.1, -0.05) is 20.3 Å². The Kier molecular flexibility index (Phi) is 9.92. The van der Waals surface area contributed by atoms with Gasteiger partial charge in [-0.3, -0.25) is 14.4 Å². The third-order valence-electron chi connectivity index (χ3n) is 4.65. The van der Waals surface area contributed by atoms with Gasteiger partial charge in [0.15, 0.2) is 0 Å². The van der Waals surface area contributed by atoms with E-state index in [2.05, 4.69) is 25.9 Å². The predicted molar refractivity (Wildman–Crippen MR) is 106 cm³/mol. The molecule has 0 spiro atoms. The normalized spacial score (nSPS) is 15.9. The maximum Gasteiger partial charge on any atom is 0.326 e. The minimum atomic E-state index is -1.23. The van der Waals surface area contributed by atoms with E-state index in [0.717, 1.165) is 0 Å². The highest BCUT2D eigenvalue weighted by Gasteiger charge is 2.30. The molecule has 5 unspecified atom stereocenters. The first-order chi connectivity index (χ1) is 14.1. The Balaban J connectivity index is 2.74. The lowest BCUT2D eigenvalue weighted by Crippen LogP contribution is -2.56. The summed E-state index contributed by atoms with van der Waals surface area (Å²) < 4.78 is 0. The monoisotopic (exact) mass is 426 g/mol. The number of nitrogens with one attached hydrogen (secondary N) is 4. The number of aliphatic carboxylic acids is 1. The molecule has 0 saturated heterocycles. The van der Waals surface area contributed by atoms with Crippen LogP contribution in [0.3, 0.4) is 0 Å². The summed E-state index contributed by atoms with van der Waals surface area (Å²) in [6, 6.07) is -3.41. The fourth-order valence-electron chi connectivity index (χ4n) is 2.51. The number of aliphatic hydroxyl groups excluding tert-OH is 1. The number of amides is 3. The Morgan fingerprint density at radius 3 is 2.37 bits per heavy atom. The molecule has 5 atom stereocenters. The summed E-state index contributed by atoms with van der Waals surface area (Å²) in [5, 5.41) is 25.9. The fourth-order valence-corrected chi connectivity index (χ4v) is 2.51. The van der Waals surface area contributed by atoms with Crippen LogP contribution in [0.2, 0.25) is 0 Å². The largest absolute Gasteiger partial charge is 0.480 e. The van der Waals surface area contributed by atoms with Crippen LogP contribution in [0.15, 0.2) is 12.5 Å². The maximum absolute atomic E-state index is 12.7. The molecule has 0 aliphatic carbocycles. The summed E-state index contributed by atoms with van der Waals surface area (Å²) in [6.07, 6.45) is 2.30. The van der Waals surface area contributed by atoms with Gasteiger partial charge in [-0.15, -0.1) is 0 Å². The molecule has 30 heavy (non-hydrogen) atoms. The predicted octanol–water partition coefficient (Wildman–Crippen LogP) is -2.12. The third-order valence-corrected chi connectivity index (χ3v) is 4.65. The minimum absolute atomic E-state index is 0.00443. The highest BCUT2D eigenvalue weighted by molar-refractivity contribution is 5.92. The molecule has 0 aliphatic rings. The number of hydrogen-bond acceptors (Lipinski definition) is 7. The first-order valence-corrected chi connectivity index (χ1v) is 9.57. The second kappa shape index (κ2) is 11.9. The van der Waals surface area contributed by atoms with E-state index in [-0.39, 0.29) is 12.3 Å². The van der Waals surface area contributed by atoms with Crippen LogP contribution >= 0.6 is 0 Å². The second-order valence-corrected chi connectivity index (χ2v) is 7.10. The van der Waals surface area contributed by atoms with Crippen LogP contribution in [-0.2, 0) is 25.6 Å². The van der Waals surface area contributed by atoms with Crippen LogP contribution in [0.1, 0.15) is 32.9 Å². The lowest BCUT2D eigenvalue weighted by molar-refractivity contribution is -0.142. The molecule has 1 aromatic heterocycles. The summed E-state index contributed by atoms with van der Waals surface area (Å²) in [5.41, 5.74) is 6.02. The molecule has 12 nitrogen and oxygen atoms in total. The van der Waals surface area contributed by atoms with E-state index < -0.39 is 54.5 Å². The van der Waals surface area contributed by atoms with Crippen molar-refractivity contribution in [1.82, 2.24) is 25.9 Å². The molecule has 0 aliphatic heterocycles. The summed E-state index contributed by atoms with van der Waals surface area (Å²) in [7, 11) is 0. The number of carboxylic acids is 1. The number of imidazole rings is 1. The Labute approximate surface area is 174 Å². The highest BCUT2D eigenvalue weighted by atomic mass is 16.4. The number of rotatable bonds is 12. The molecule has 12 heteroatoms. The Morgan fingerprint density at radius 1 is 1.20 bits per heavy atom. The van der Waals surface area contributed by atoms with Crippen molar-refractivity contribution in [1.29, 1.82) is 0 Å². The molecule has 8 N–H and O–H groups in total. The van der Waals surface area contributed by atoms with Crippen LogP contribution < -0.4 is 21.7 Å². The molecule has 0 fully saturated rings. The van der Waals surface area contributed by atoms with Crippen molar-refractivity contribution in [3.05, 3.63) is 18.2 Å². The number of nitrogens with two attached hydrogens (primary N) is 1. The molecule has 1 rings (SSSR count). The van der Waals surface area contributed by atoms with Gasteiger partial charge < -0.3 is 36.9 Å². The van der Waals surface area contributed by atoms with Crippen molar-refractivity contribution < 1.29 is 29.4 Å². The third kappa shape index (κ3) is 7.79. The maximum atomic E-state index is 12.7. The average molecular weight is 426 g/mol. The zero-order chi connectivity index (χ0) is 22.8. The summed E-state index contributed by atoms with van der Waals surface area (Å²) >= 11 is 0. The SMILES string of the molecule is CCC(C)C(NC(=O)CNC(=O)C(N)C(C)O)C(=O)NC(Cc1cnc[nH]1)C(=O)O. The van der Waals surface area contributed by atoms with Crippen LogP contribution in [0.5, 0.6) is 0 Å². The molecule has 0 bridgehead atoms. The fraction of sp³-hybridized carbons (Fsp3) is 0.611. The van der Waals surface area contributed by atoms with Crippen molar-refractivity contribution in [2.75, 3.05) is 6.54 Å². The molecule has 3 amide bonds. The van der Waals surface area contributed by atoms with E-state index in [9.17, 15) is 29.4 Å². The van der Waals surface area contributed by atoms with Gasteiger partial charge in [-0.05, 0) is 12.8 Å². The van der Waals surface area contributed by atoms with Crippen LogP contribution in [0.25, 0.3) is 0 Å².